The van der Waals surface area contributed by atoms with E-state index in [4.69, 9.17) is 5.11 Å². The van der Waals surface area contributed by atoms with Crippen molar-refractivity contribution in [2.75, 3.05) is 0 Å². The average Bonchev–Trinajstić information content (AvgIpc) is 1.65. The van der Waals surface area contributed by atoms with Crippen molar-refractivity contribution in [3.63, 3.8) is 0 Å². The first-order valence-corrected chi connectivity index (χ1v) is 1.24. The summed E-state index contributed by atoms with van der Waals surface area (Å²) in [5.41, 5.74) is 0. The molecule has 0 fully saturated rings. The van der Waals surface area contributed by atoms with E-state index in [1.54, 1.807) is 0 Å². The van der Waals surface area contributed by atoms with Gasteiger partial charge in [-0.25, -0.2) is 14.5 Å². The van der Waals surface area contributed by atoms with E-state index < -0.39 is 11.9 Å². The molecule has 0 aromatic rings. The van der Waals surface area contributed by atoms with Gasteiger partial charge in [0, 0.05) is 4.53 Å². The molecule has 4 nitrogen and oxygen atoms in total. The molecular weight excluding hydrogens is 114 g/mol. The molecule has 0 aliphatic carbocycles. The molecular formula is C2H2FLiO4. The molecule has 0 rings (SSSR count). The number of carboxylic acids is 1. The van der Waals surface area contributed by atoms with Gasteiger partial charge in [-0.1, -0.05) is 0 Å². The van der Waals surface area contributed by atoms with Gasteiger partial charge in [-0.3, -0.25) is 0 Å². The second-order valence-electron chi connectivity index (χ2n) is 0.670. The standard InChI is InChI=1S/C2HFO4.Li.H/c3-7-2(6)1(4)5;;/h(H,4,5);;. The first kappa shape index (κ1) is 10.4. The Morgan fingerprint density at radius 1 is 1.50 bits per heavy atom. The third-order valence-electron chi connectivity index (χ3n) is 0.245. The summed E-state index contributed by atoms with van der Waals surface area (Å²) in [6.07, 6.45) is 0. The van der Waals surface area contributed by atoms with E-state index in [-0.39, 0.29) is 18.9 Å². The summed E-state index contributed by atoms with van der Waals surface area (Å²) in [5.74, 6) is -3.84. The maximum absolute atomic E-state index is 10.4. The molecule has 0 unspecified atom stereocenters. The fourth-order valence-corrected chi connectivity index (χ4v) is 0.0330. The minimum absolute atomic E-state index is 0. The summed E-state index contributed by atoms with van der Waals surface area (Å²) in [4.78, 5) is 20.8. The summed E-state index contributed by atoms with van der Waals surface area (Å²) < 4.78 is 10.4. The first-order valence-electron chi connectivity index (χ1n) is 1.24. The Labute approximate surface area is 55.7 Å². The van der Waals surface area contributed by atoms with E-state index in [2.05, 4.69) is 4.94 Å². The Balaban J connectivity index is 0. The quantitative estimate of drug-likeness (QED) is 0.320. The van der Waals surface area contributed by atoms with E-state index in [1.807, 2.05) is 0 Å². The van der Waals surface area contributed by atoms with Crippen LogP contribution in [0.4, 0.5) is 4.53 Å². The van der Waals surface area contributed by atoms with Gasteiger partial charge < -0.3 is 5.11 Å². The van der Waals surface area contributed by atoms with E-state index in [9.17, 15) is 14.1 Å². The van der Waals surface area contributed by atoms with Crippen molar-refractivity contribution in [3.05, 3.63) is 0 Å². The van der Waals surface area contributed by atoms with Crippen molar-refractivity contribution >= 4 is 30.8 Å². The number of aliphatic carboxylic acids is 1. The Hall–Kier alpha value is -0.533. The molecule has 0 aliphatic rings. The van der Waals surface area contributed by atoms with Crippen LogP contribution in [0.1, 0.15) is 0 Å². The van der Waals surface area contributed by atoms with Crippen LogP contribution >= 0.6 is 0 Å². The van der Waals surface area contributed by atoms with Crippen LogP contribution in [0.3, 0.4) is 0 Å². The summed E-state index contributed by atoms with van der Waals surface area (Å²) in [5, 5.41) is 7.47. The molecule has 0 amide bonds. The van der Waals surface area contributed by atoms with Gasteiger partial charge in [0.25, 0.3) is 0 Å². The van der Waals surface area contributed by atoms with Gasteiger partial charge in [0.05, 0.1) is 0 Å². The summed E-state index contributed by atoms with van der Waals surface area (Å²) in [6.45, 7) is 0. The number of hydrogen-bond donors (Lipinski definition) is 1. The second kappa shape index (κ2) is 4.62. The summed E-state index contributed by atoms with van der Waals surface area (Å²) >= 11 is 0. The molecule has 0 radical (unpaired) electrons. The van der Waals surface area contributed by atoms with Crippen molar-refractivity contribution < 1.29 is 24.2 Å². The summed E-state index contributed by atoms with van der Waals surface area (Å²) in [6, 6.07) is 0. The molecule has 0 aromatic carbocycles. The first-order chi connectivity index (χ1) is 3.18. The van der Waals surface area contributed by atoms with Crippen molar-refractivity contribution in [3.8, 4) is 0 Å². The van der Waals surface area contributed by atoms with Crippen LogP contribution in [0.2, 0.25) is 0 Å². The van der Waals surface area contributed by atoms with Crippen LogP contribution in [0.25, 0.3) is 0 Å². The second-order valence-corrected chi connectivity index (χ2v) is 0.670. The fourth-order valence-electron chi connectivity index (χ4n) is 0.0330. The van der Waals surface area contributed by atoms with Crippen molar-refractivity contribution in [2.45, 2.75) is 0 Å². The van der Waals surface area contributed by atoms with E-state index in [0.717, 1.165) is 0 Å². The zero-order valence-electron chi connectivity index (χ0n) is 3.05. The molecule has 42 valence electrons. The normalized spacial score (nSPS) is 6.62. The van der Waals surface area contributed by atoms with Gasteiger partial charge in [0.1, 0.15) is 0 Å². The van der Waals surface area contributed by atoms with Crippen molar-refractivity contribution in [1.29, 1.82) is 0 Å². The molecule has 0 heterocycles. The third-order valence-corrected chi connectivity index (χ3v) is 0.245. The van der Waals surface area contributed by atoms with Gasteiger partial charge in [0.2, 0.25) is 0 Å². The molecule has 8 heavy (non-hydrogen) atoms. The average molecular weight is 116 g/mol. The van der Waals surface area contributed by atoms with Crippen molar-refractivity contribution in [2.24, 2.45) is 0 Å². The van der Waals surface area contributed by atoms with Gasteiger partial charge in [-0.2, -0.15) is 0 Å². The molecule has 0 aliphatic heterocycles. The predicted octanol–water partition coefficient (Wildman–Crippen LogP) is -1.15. The van der Waals surface area contributed by atoms with Crippen LogP contribution < -0.4 is 0 Å². The number of carbonyl (C=O) groups excluding carboxylic acids is 1. The molecule has 0 atom stereocenters. The van der Waals surface area contributed by atoms with Gasteiger partial charge in [-0.05, 0) is 0 Å². The van der Waals surface area contributed by atoms with E-state index in [1.165, 1.54) is 0 Å². The molecule has 0 saturated carbocycles. The van der Waals surface area contributed by atoms with E-state index >= 15 is 0 Å². The molecule has 0 spiro atoms. The van der Waals surface area contributed by atoms with Gasteiger partial charge >= 0.3 is 30.8 Å². The van der Waals surface area contributed by atoms with Crippen LogP contribution in [0.15, 0.2) is 0 Å². The number of halogens is 1. The predicted molar refractivity (Wildman–Crippen MR) is 22.0 cm³/mol. The zero-order chi connectivity index (χ0) is 5.86. The Bertz CT molecular complexity index is 102. The number of rotatable bonds is 0. The topological polar surface area (TPSA) is 63.6 Å². The van der Waals surface area contributed by atoms with Crippen molar-refractivity contribution in [1.82, 2.24) is 0 Å². The number of hydrogen-bond acceptors (Lipinski definition) is 3. The van der Waals surface area contributed by atoms with Crippen LogP contribution in [-0.4, -0.2) is 35.9 Å². The summed E-state index contributed by atoms with van der Waals surface area (Å²) in [7, 11) is 0. The minimum atomic E-state index is -1.94. The molecule has 6 heteroatoms. The van der Waals surface area contributed by atoms with Gasteiger partial charge in [0.15, 0.2) is 0 Å². The third kappa shape index (κ3) is 3.65. The number of carbonyl (C=O) groups is 2. The van der Waals surface area contributed by atoms with Crippen LogP contribution in [-0.2, 0) is 14.5 Å². The maximum atomic E-state index is 10.4. The van der Waals surface area contributed by atoms with Crippen LogP contribution in [0.5, 0.6) is 0 Å². The molecule has 0 aromatic heterocycles. The molecule has 0 saturated heterocycles. The zero-order valence-corrected chi connectivity index (χ0v) is 3.05. The Kier molecular flexibility index (Phi) is 6.04. The van der Waals surface area contributed by atoms with E-state index in [0.29, 0.717) is 0 Å². The van der Waals surface area contributed by atoms with Crippen LogP contribution in [0, 0.1) is 0 Å². The Morgan fingerprint density at radius 3 is 1.88 bits per heavy atom. The monoisotopic (exact) mass is 116 g/mol. The molecule has 1 N–H and O–H groups in total. The number of carboxylic acid groups (broad SMARTS) is 1. The fraction of sp³-hybridized carbons (Fsp3) is 0. The van der Waals surface area contributed by atoms with Gasteiger partial charge in [-0.15, -0.1) is 0 Å². The molecule has 0 bridgehead atoms. The Morgan fingerprint density at radius 2 is 1.88 bits per heavy atom. The SMILES string of the molecule is O=C(O)C(=O)OF.[LiH].